The van der Waals surface area contributed by atoms with Crippen LogP contribution in [0.4, 0.5) is 5.69 Å². The lowest BCUT2D eigenvalue weighted by molar-refractivity contribution is -0.111. The second-order valence-corrected chi connectivity index (χ2v) is 7.83. The number of amides is 1. The van der Waals surface area contributed by atoms with Gasteiger partial charge >= 0.3 is 0 Å². The van der Waals surface area contributed by atoms with Crippen LogP contribution in [0.15, 0.2) is 61.2 Å². The number of benzene rings is 1. The molecular weight excluding hydrogens is 390 g/mol. The van der Waals surface area contributed by atoms with Crippen LogP contribution >= 0.6 is 0 Å². The van der Waals surface area contributed by atoms with Gasteiger partial charge in [-0.25, -0.2) is 0 Å². The van der Waals surface area contributed by atoms with E-state index in [1.165, 1.54) is 11.6 Å². The summed E-state index contributed by atoms with van der Waals surface area (Å²) in [5.41, 5.74) is 4.72. The van der Waals surface area contributed by atoms with Gasteiger partial charge in [0.25, 0.3) is 0 Å². The Hall–Kier alpha value is -3.29. The summed E-state index contributed by atoms with van der Waals surface area (Å²) in [6.07, 6.45) is 12.6. The average molecular weight is 418 g/mol. The van der Waals surface area contributed by atoms with Crippen LogP contribution in [-0.2, 0) is 18.4 Å². The summed E-state index contributed by atoms with van der Waals surface area (Å²) < 4.78 is 1.74. The third-order valence-corrected chi connectivity index (χ3v) is 5.60. The molecule has 4 rings (SSSR count). The fourth-order valence-corrected chi connectivity index (χ4v) is 3.95. The molecule has 1 aliphatic rings. The minimum absolute atomic E-state index is 0.200. The Bertz CT molecular complexity index is 1060. The first-order valence-corrected chi connectivity index (χ1v) is 10.5. The quantitative estimate of drug-likeness (QED) is 0.577. The first kappa shape index (κ1) is 21.0. The minimum atomic E-state index is -0.200. The summed E-state index contributed by atoms with van der Waals surface area (Å²) >= 11 is 0. The van der Waals surface area contributed by atoms with Gasteiger partial charge in [-0.3, -0.25) is 19.4 Å². The molecule has 0 aliphatic carbocycles. The number of rotatable bonds is 7. The molecule has 0 spiro atoms. The Morgan fingerprint density at radius 2 is 2.10 bits per heavy atom. The van der Waals surface area contributed by atoms with Gasteiger partial charge in [0.05, 0.1) is 12.8 Å². The van der Waals surface area contributed by atoms with Crippen molar-refractivity contribution in [3.8, 4) is 11.1 Å². The monoisotopic (exact) mass is 417 g/mol. The summed E-state index contributed by atoms with van der Waals surface area (Å²) in [6, 6.07) is 10.0. The molecule has 2 N–H and O–H groups in total. The van der Waals surface area contributed by atoms with E-state index in [1.807, 2.05) is 43.6 Å². The highest BCUT2D eigenvalue weighted by Crippen LogP contribution is 2.23. The molecule has 3 heterocycles. The number of aryl methyl sites for hydroxylation is 1. The number of hydrogen-bond acceptors (Lipinski definition) is 5. The number of likely N-dealkylation sites (tertiary alicyclic amines) is 1. The Kier molecular flexibility index (Phi) is 6.54. The third-order valence-electron chi connectivity index (χ3n) is 5.60. The number of aliphatic hydroxyl groups excluding tert-OH is 1. The maximum atomic E-state index is 12.4. The Morgan fingerprint density at radius 1 is 1.26 bits per heavy atom. The van der Waals surface area contributed by atoms with Gasteiger partial charge in [0.2, 0.25) is 5.91 Å². The first-order chi connectivity index (χ1) is 15.1. The number of aliphatic hydroxyl groups is 1. The first-order valence-electron chi connectivity index (χ1n) is 10.5. The molecule has 0 radical (unpaired) electrons. The zero-order valence-corrected chi connectivity index (χ0v) is 17.6. The van der Waals surface area contributed by atoms with Crippen LogP contribution in [-0.4, -0.2) is 49.9 Å². The topological polar surface area (TPSA) is 83.3 Å². The highest BCUT2D eigenvalue weighted by Gasteiger charge is 2.23. The van der Waals surface area contributed by atoms with Crippen LogP contribution in [0.25, 0.3) is 17.2 Å². The second kappa shape index (κ2) is 9.68. The van der Waals surface area contributed by atoms with Crippen LogP contribution in [0, 0.1) is 0 Å². The molecule has 0 bridgehead atoms. The average Bonchev–Trinajstić information content (AvgIpc) is 3.42. The van der Waals surface area contributed by atoms with Crippen LogP contribution in [0.1, 0.15) is 24.0 Å². The summed E-state index contributed by atoms with van der Waals surface area (Å²) in [6.45, 7) is 2.04. The standard InChI is InChI=1S/C24H27N5O2/c1-28-16-20(14-26-28)23-10-11-25-13-19(23)6-9-24(31)27-21-7-4-18(5-8-21)15-29-12-2-3-22(29)17-30/h4-11,13-14,16,22,30H,2-3,12,15,17H2,1H3,(H,27,31). The van der Waals surface area contributed by atoms with Gasteiger partial charge in [-0.2, -0.15) is 5.10 Å². The summed E-state index contributed by atoms with van der Waals surface area (Å²) in [4.78, 5) is 18.9. The van der Waals surface area contributed by atoms with E-state index in [1.54, 1.807) is 29.3 Å². The zero-order chi connectivity index (χ0) is 21.6. The number of nitrogens with zero attached hydrogens (tertiary/aromatic N) is 4. The van der Waals surface area contributed by atoms with Gasteiger partial charge in [0.1, 0.15) is 0 Å². The molecule has 3 aromatic rings. The molecule has 160 valence electrons. The maximum absolute atomic E-state index is 12.4. The number of carbonyl (C=O) groups excluding carboxylic acids is 1. The van der Waals surface area contributed by atoms with E-state index in [0.29, 0.717) is 0 Å². The number of pyridine rings is 1. The van der Waals surface area contributed by atoms with Gasteiger partial charge in [-0.15, -0.1) is 0 Å². The van der Waals surface area contributed by atoms with E-state index in [4.69, 9.17) is 0 Å². The maximum Gasteiger partial charge on any atom is 0.248 e. The number of aromatic nitrogens is 3. The SMILES string of the molecule is Cn1cc(-c2ccncc2C=CC(=O)Nc2ccc(CN3CCCC3CO)cc2)cn1. The molecule has 1 fully saturated rings. The number of nitrogens with one attached hydrogen (secondary N) is 1. The Labute approximate surface area is 182 Å². The van der Waals surface area contributed by atoms with E-state index >= 15 is 0 Å². The summed E-state index contributed by atoms with van der Waals surface area (Å²) in [7, 11) is 1.87. The molecular formula is C24H27N5O2. The fourth-order valence-electron chi connectivity index (χ4n) is 3.95. The number of hydrogen-bond donors (Lipinski definition) is 2. The lowest BCUT2D eigenvalue weighted by Gasteiger charge is -2.22. The van der Waals surface area contributed by atoms with E-state index < -0.39 is 0 Å². The number of carbonyl (C=O) groups is 1. The van der Waals surface area contributed by atoms with Crippen molar-refractivity contribution in [1.29, 1.82) is 0 Å². The Morgan fingerprint density at radius 3 is 2.84 bits per heavy atom. The third kappa shape index (κ3) is 5.25. The van der Waals surface area contributed by atoms with Crippen LogP contribution in [0.5, 0.6) is 0 Å². The van der Waals surface area contributed by atoms with E-state index in [2.05, 4.69) is 20.3 Å². The van der Waals surface area contributed by atoms with Gasteiger partial charge in [0, 0.05) is 61.1 Å². The lowest BCUT2D eigenvalue weighted by Crippen LogP contribution is -2.31. The van der Waals surface area contributed by atoms with Crippen molar-refractivity contribution in [2.45, 2.75) is 25.4 Å². The van der Waals surface area contributed by atoms with Crippen molar-refractivity contribution in [3.05, 3.63) is 72.3 Å². The molecule has 1 aliphatic heterocycles. The van der Waals surface area contributed by atoms with E-state index in [-0.39, 0.29) is 18.6 Å². The molecule has 1 saturated heterocycles. The molecule has 1 amide bonds. The van der Waals surface area contributed by atoms with Crippen LogP contribution in [0.2, 0.25) is 0 Å². The van der Waals surface area contributed by atoms with Crippen molar-refractivity contribution in [1.82, 2.24) is 19.7 Å². The molecule has 7 nitrogen and oxygen atoms in total. The van der Waals surface area contributed by atoms with Gasteiger partial charge in [-0.1, -0.05) is 12.1 Å². The predicted octanol–water partition coefficient (Wildman–Crippen LogP) is 3.09. The van der Waals surface area contributed by atoms with Crippen molar-refractivity contribution in [3.63, 3.8) is 0 Å². The molecule has 31 heavy (non-hydrogen) atoms. The van der Waals surface area contributed by atoms with Gasteiger partial charge < -0.3 is 10.4 Å². The molecule has 2 aromatic heterocycles. The zero-order valence-electron chi connectivity index (χ0n) is 17.6. The lowest BCUT2D eigenvalue weighted by atomic mass is 10.0. The molecule has 1 aromatic carbocycles. The molecule has 1 atom stereocenters. The van der Waals surface area contributed by atoms with Crippen molar-refractivity contribution in [2.24, 2.45) is 7.05 Å². The summed E-state index contributed by atoms with van der Waals surface area (Å²) in [5.74, 6) is -0.200. The van der Waals surface area contributed by atoms with Crippen LogP contribution in [0.3, 0.4) is 0 Å². The second-order valence-electron chi connectivity index (χ2n) is 7.83. The summed E-state index contributed by atoms with van der Waals surface area (Å²) in [5, 5.41) is 16.6. The molecule has 1 unspecified atom stereocenters. The van der Waals surface area contributed by atoms with E-state index in [0.717, 1.165) is 48.3 Å². The van der Waals surface area contributed by atoms with Gasteiger partial charge in [-0.05, 0) is 54.8 Å². The number of anilines is 1. The van der Waals surface area contributed by atoms with Crippen molar-refractivity contribution >= 4 is 17.7 Å². The fraction of sp³-hybridized carbons (Fsp3) is 0.292. The highest BCUT2D eigenvalue weighted by atomic mass is 16.3. The van der Waals surface area contributed by atoms with Gasteiger partial charge in [0.15, 0.2) is 0 Å². The highest BCUT2D eigenvalue weighted by molar-refractivity contribution is 6.02. The minimum Gasteiger partial charge on any atom is -0.395 e. The van der Waals surface area contributed by atoms with E-state index in [9.17, 15) is 9.90 Å². The Balaban J connectivity index is 1.38. The normalized spacial score (nSPS) is 16.8. The molecule has 7 heteroatoms. The van der Waals surface area contributed by atoms with Crippen molar-refractivity contribution < 1.29 is 9.90 Å². The van der Waals surface area contributed by atoms with Crippen molar-refractivity contribution in [2.75, 3.05) is 18.5 Å². The predicted molar refractivity (Wildman–Crippen MR) is 121 cm³/mol. The molecule has 0 saturated carbocycles. The smallest absolute Gasteiger partial charge is 0.248 e. The van der Waals surface area contributed by atoms with Crippen LogP contribution < -0.4 is 5.32 Å². The largest absolute Gasteiger partial charge is 0.395 e.